The summed E-state index contributed by atoms with van der Waals surface area (Å²) in [5.74, 6) is -0.239. The van der Waals surface area contributed by atoms with Gasteiger partial charge in [0.05, 0.1) is 12.3 Å². The highest BCUT2D eigenvalue weighted by Crippen LogP contribution is 2.24. The first-order chi connectivity index (χ1) is 8.99. The molecule has 2 unspecified atom stereocenters. The molecule has 1 aromatic rings. The van der Waals surface area contributed by atoms with Gasteiger partial charge in [0, 0.05) is 44.5 Å². The number of carbonyl (C=O) groups is 1. The van der Waals surface area contributed by atoms with Crippen LogP contribution in [-0.2, 0) is 16.6 Å². The van der Waals surface area contributed by atoms with Crippen molar-refractivity contribution in [1.82, 2.24) is 15.1 Å². The Balaban J connectivity index is 1.83. The van der Waals surface area contributed by atoms with E-state index < -0.39 is 5.60 Å². The molecule has 1 aromatic heterocycles. The zero-order valence-corrected chi connectivity index (χ0v) is 11.2. The maximum atomic E-state index is 11.7. The maximum Gasteiger partial charge on any atom is 0.244 e. The van der Waals surface area contributed by atoms with E-state index in [4.69, 9.17) is 4.74 Å². The molecule has 1 amide bonds. The van der Waals surface area contributed by atoms with Crippen molar-refractivity contribution < 1.29 is 14.6 Å². The molecular formula is C13H19N3O3. The molecule has 1 aliphatic rings. The zero-order valence-electron chi connectivity index (χ0n) is 11.2. The summed E-state index contributed by atoms with van der Waals surface area (Å²) in [5, 5.41) is 16.9. The summed E-state index contributed by atoms with van der Waals surface area (Å²) in [5.41, 5.74) is -0.105. The van der Waals surface area contributed by atoms with Crippen LogP contribution < -0.4 is 5.32 Å². The smallest absolute Gasteiger partial charge is 0.244 e. The van der Waals surface area contributed by atoms with E-state index >= 15 is 0 Å². The van der Waals surface area contributed by atoms with Gasteiger partial charge in [-0.05, 0) is 13.0 Å². The second kappa shape index (κ2) is 5.54. The Morgan fingerprint density at radius 2 is 2.58 bits per heavy atom. The second-order valence-corrected chi connectivity index (χ2v) is 4.87. The van der Waals surface area contributed by atoms with Gasteiger partial charge in [0.2, 0.25) is 5.91 Å². The molecule has 0 spiro atoms. The van der Waals surface area contributed by atoms with E-state index in [2.05, 4.69) is 10.4 Å². The molecule has 2 rings (SSSR count). The third kappa shape index (κ3) is 3.42. The first-order valence-electron chi connectivity index (χ1n) is 6.28. The fourth-order valence-electron chi connectivity index (χ4n) is 2.00. The molecule has 19 heavy (non-hydrogen) atoms. The number of carbonyl (C=O) groups excluding carboxylic acids is 1. The second-order valence-electron chi connectivity index (χ2n) is 4.87. The van der Waals surface area contributed by atoms with Gasteiger partial charge in [0.1, 0.15) is 5.60 Å². The van der Waals surface area contributed by atoms with Crippen LogP contribution in [0.15, 0.2) is 18.5 Å². The molecule has 0 aromatic carbocycles. The van der Waals surface area contributed by atoms with E-state index in [-0.39, 0.29) is 18.6 Å². The molecule has 1 aliphatic heterocycles. The van der Waals surface area contributed by atoms with Crippen molar-refractivity contribution >= 4 is 12.0 Å². The maximum absolute atomic E-state index is 11.7. The molecule has 0 bridgehead atoms. The third-order valence-electron chi connectivity index (χ3n) is 3.38. The third-order valence-corrected chi connectivity index (χ3v) is 3.38. The Morgan fingerprint density at radius 3 is 3.16 bits per heavy atom. The van der Waals surface area contributed by atoms with Gasteiger partial charge in [0.15, 0.2) is 0 Å². The lowest BCUT2D eigenvalue weighted by Gasteiger charge is -2.25. The Bertz CT molecular complexity index is 483. The SMILES string of the molecule is CC1OCCC1(O)CNC(=O)/C=C/c1cnn(C)c1. The first-order valence-corrected chi connectivity index (χ1v) is 6.28. The molecule has 0 saturated carbocycles. The fraction of sp³-hybridized carbons (Fsp3) is 0.538. The van der Waals surface area contributed by atoms with Gasteiger partial charge in [-0.3, -0.25) is 9.48 Å². The van der Waals surface area contributed by atoms with E-state index in [0.29, 0.717) is 13.0 Å². The van der Waals surface area contributed by atoms with Crippen LogP contribution >= 0.6 is 0 Å². The summed E-state index contributed by atoms with van der Waals surface area (Å²) in [7, 11) is 1.81. The van der Waals surface area contributed by atoms with E-state index in [1.165, 1.54) is 6.08 Å². The minimum absolute atomic E-state index is 0.199. The van der Waals surface area contributed by atoms with Crippen LogP contribution in [0, 0.1) is 0 Å². The van der Waals surface area contributed by atoms with Gasteiger partial charge in [-0.15, -0.1) is 0 Å². The van der Waals surface area contributed by atoms with Crippen molar-refractivity contribution in [2.24, 2.45) is 7.05 Å². The molecule has 2 atom stereocenters. The molecular weight excluding hydrogens is 246 g/mol. The zero-order chi connectivity index (χ0) is 13.9. The summed E-state index contributed by atoms with van der Waals surface area (Å²) < 4.78 is 6.97. The predicted molar refractivity (Wildman–Crippen MR) is 70.2 cm³/mol. The van der Waals surface area contributed by atoms with Crippen LogP contribution in [0.4, 0.5) is 0 Å². The minimum Gasteiger partial charge on any atom is -0.385 e. The van der Waals surface area contributed by atoms with E-state index in [0.717, 1.165) is 5.56 Å². The number of aliphatic hydroxyl groups is 1. The molecule has 2 N–H and O–H groups in total. The average Bonchev–Trinajstić information content (AvgIpc) is 2.92. The summed E-state index contributed by atoms with van der Waals surface area (Å²) in [6.07, 6.45) is 6.88. The van der Waals surface area contributed by atoms with Crippen LogP contribution in [0.3, 0.4) is 0 Å². The van der Waals surface area contributed by atoms with Gasteiger partial charge in [0.25, 0.3) is 0 Å². The summed E-state index contributed by atoms with van der Waals surface area (Å²) in [6, 6.07) is 0. The average molecular weight is 265 g/mol. The molecule has 1 saturated heterocycles. The van der Waals surface area contributed by atoms with Crippen molar-refractivity contribution in [1.29, 1.82) is 0 Å². The summed E-state index contributed by atoms with van der Waals surface area (Å²) in [6.45, 7) is 2.54. The lowest BCUT2D eigenvalue weighted by atomic mass is 9.97. The van der Waals surface area contributed by atoms with Gasteiger partial charge in [-0.2, -0.15) is 5.10 Å². The van der Waals surface area contributed by atoms with Gasteiger partial charge in [-0.1, -0.05) is 0 Å². The first kappa shape index (κ1) is 13.8. The van der Waals surface area contributed by atoms with Crippen molar-refractivity contribution in [2.75, 3.05) is 13.2 Å². The lowest BCUT2D eigenvalue weighted by molar-refractivity contribution is -0.118. The number of amides is 1. The number of hydrogen-bond donors (Lipinski definition) is 2. The van der Waals surface area contributed by atoms with E-state index in [9.17, 15) is 9.90 Å². The fourth-order valence-corrected chi connectivity index (χ4v) is 2.00. The number of nitrogens with zero attached hydrogens (tertiary/aromatic N) is 2. The van der Waals surface area contributed by atoms with Crippen molar-refractivity contribution in [3.8, 4) is 0 Å². The summed E-state index contributed by atoms with van der Waals surface area (Å²) >= 11 is 0. The Hall–Kier alpha value is -1.66. The largest absolute Gasteiger partial charge is 0.385 e. The van der Waals surface area contributed by atoms with Gasteiger partial charge >= 0.3 is 0 Å². The van der Waals surface area contributed by atoms with Crippen LogP contribution in [0.2, 0.25) is 0 Å². The molecule has 6 nitrogen and oxygen atoms in total. The van der Waals surface area contributed by atoms with Gasteiger partial charge in [-0.25, -0.2) is 0 Å². The van der Waals surface area contributed by atoms with Crippen LogP contribution in [0.25, 0.3) is 6.08 Å². The lowest BCUT2D eigenvalue weighted by Crippen LogP contribution is -2.47. The standard InChI is InChI=1S/C13H19N3O3/c1-10-13(18,5-6-19-10)9-14-12(17)4-3-11-7-15-16(2)8-11/h3-4,7-8,10,18H,5-6,9H2,1-2H3,(H,14,17)/b4-3+. The molecule has 0 aliphatic carbocycles. The molecule has 104 valence electrons. The van der Waals surface area contributed by atoms with E-state index in [1.54, 1.807) is 17.0 Å². The monoisotopic (exact) mass is 265 g/mol. The highest BCUT2D eigenvalue weighted by Gasteiger charge is 2.39. The Morgan fingerprint density at radius 1 is 1.79 bits per heavy atom. The van der Waals surface area contributed by atoms with Gasteiger partial charge < -0.3 is 15.2 Å². The number of nitrogens with one attached hydrogen (secondary N) is 1. The predicted octanol–water partition coefficient (Wildman–Crippen LogP) is 0.0894. The Labute approximate surface area is 112 Å². The number of rotatable bonds is 4. The number of aromatic nitrogens is 2. The number of hydrogen-bond acceptors (Lipinski definition) is 4. The molecule has 6 heteroatoms. The van der Waals surface area contributed by atoms with Crippen LogP contribution in [0.1, 0.15) is 18.9 Å². The highest BCUT2D eigenvalue weighted by molar-refractivity contribution is 5.91. The van der Waals surface area contributed by atoms with E-state index in [1.807, 2.05) is 20.2 Å². The molecule has 1 fully saturated rings. The number of ether oxygens (including phenoxy) is 1. The van der Waals surface area contributed by atoms with Crippen molar-refractivity contribution in [2.45, 2.75) is 25.0 Å². The van der Waals surface area contributed by atoms with Crippen molar-refractivity contribution in [3.63, 3.8) is 0 Å². The normalized spacial score (nSPS) is 27.0. The van der Waals surface area contributed by atoms with Crippen LogP contribution in [-0.4, -0.2) is 45.7 Å². The number of aryl methyl sites for hydroxylation is 1. The molecule has 2 heterocycles. The highest BCUT2D eigenvalue weighted by atomic mass is 16.5. The summed E-state index contributed by atoms with van der Waals surface area (Å²) in [4.78, 5) is 11.7. The topological polar surface area (TPSA) is 76.4 Å². The minimum atomic E-state index is -0.961. The quantitative estimate of drug-likeness (QED) is 0.756. The molecule has 0 radical (unpaired) electrons. The van der Waals surface area contributed by atoms with Crippen LogP contribution in [0.5, 0.6) is 0 Å². The Kier molecular flexibility index (Phi) is 4.01. The van der Waals surface area contributed by atoms with Crippen molar-refractivity contribution in [3.05, 3.63) is 24.0 Å².